The number of aliphatic imine (C=N–C) groups is 1. The first kappa shape index (κ1) is 21.5. The van der Waals surface area contributed by atoms with Crippen molar-refractivity contribution in [3.63, 3.8) is 0 Å². The molecule has 11 heteroatoms. The Kier molecular flexibility index (Phi) is 6.33. The molecule has 0 aliphatic carbocycles. The van der Waals surface area contributed by atoms with Crippen LogP contribution in [-0.4, -0.2) is 34.5 Å². The molecule has 2 aromatic heterocycles. The maximum Gasteiger partial charge on any atom is 0.332 e. The average molecular weight is 462 g/mol. The molecular weight excluding hydrogens is 441 g/mol. The van der Waals surface area contributed by atoms with E-state index in [0.29, 0.717) is 53.3 Å². The summed E-state index contributed by atoms with van der Waals surface area (Å²) in [5, 5.41) is 13.5. The highest BCUT2D eigenvalue weighted by molar-refractivity contribution is 6.66. The Morgan fingerprint density at radius 3 is 2.55 bits per heavy atom. The second-order valence-electron chi connectivity index (χ2n) is 7.32. The summed E-state index contributed by atoms with van der Waals surface area (Å²) < 4.78 is 2.79. The van der Waals surface area contributed by atoms with Crippen LogP contribution in [0, 0.1) is 0 Å². The Morgan fingerprint density at radius 1 is 1.03 bits per heavy atom. The van der Waals surface area contributed by atoms with E-state index in [2.05, 4.69) is 20.4 Å². The van der Waals surface area contributed by atoms with E-state index in [0.717, 1.165) is 12.0 Å². The normalized spacial score (nSPS) is 12.8. The molecule has 0 saturated heterocycles. The minimum atomic E-state index is -0.365. The predicted molar refractivity (Wildman–Crippen MR) is 119 cm³/mol. The van der Waals surface area contributed by atoms with Crippen molar-refractivity contribution in [2.45, 2.75) is 52.2 Å². The predicted octanol–water partition coefficient (Wildman–Crippen LogP) is 2.57. The van der Waals surface area contributed by atoms with Gasteiger partial charge in [0, 0.05) is 31.0 Å². The molecule has 0 saturated carbocycles. The van der Waals surface area contributed by atoms with Crippen LogP contribution in [0.25, 0.3) is 0 Å². The Morgan fingerprint density at radius 2 is 1.81 bits per heavy atom. The topological polar surface area (TPSA) is 100.0 Å². The average Bonchev–Trinajstić information content (AvgIpc) is 3.36. The van der Waals surface area contributed by atoms with Crippen LogP contribution in [0.1, 0.15) is 36.7 Å². The lowest BCUT2D eigenvalue weighted by Crippen LogP contribution is -2.41. The molecule has 0 atom stereocenters. The second kappa shape index (κ2) is 9.15. The van der Waals surface area contributed by atoms with Crippen LogP contribution in [-0.2, 0) is 32.5 Å². The van der Waals surface area contributed by atoms with Crippen LogP contribution >= 0.6 is 23.2 Å². The van der Waals surface area contributed by atoms with E-state index in [4.69, 9.17) is 23.2 Å². The van der Waals surface area contributed by atoms with Gasteiger partial charge in [-0.05, 0) is 35.8 Å². The van der Waals surface area contributed by atoms with Gasteiger partial charge in [0.2, 0.25) is 0 Å². The lowest BCUT2D eigenvalue weighted by atomic mass is 10.1. The number of hydrogen-bond donors (Lipinski definition) is 0. The molecule has 3 aromatic rings. The van der Waals surface area contributed by atoms with Crippen molar-refractivity contribution < 1.29 is 0 Å². The fourth-order valence-electron chi connectivity index (χ4n) is 3.55. The molecular formula is C20H21Cl2N7O2. The summed E-state index contributed by atoms with van der Waals surface area (Å²) in [5.41, 5.74) is 0.811. The van der Waals surface area contributed by atoms with E-state index in [-0.39, 0.29) is 24.2 Å². The summed E-state index contributed by atoms with van der Waals surface area (Å²) in [6, 6.07) is 7.47. The minimum absolute atomic E-state index is 0.250. The van der Waals surface area contributed by atoms with Gasteiger partial charge >= 0.3 is 5.69 Å². The number of fused-ring (bicyclic) bond motifs is 1. The van der Waals surface area contributed by atoms with Gasteiger partial charge in [0.15, 0.2) is 5.82 Å². The Hall–Kier alpha value is -2.78. The Labute approximate surface area is 187 Å². The summed E-state index contributed by atoms with van der Waals surface area (Å²) in [5.74, 6) is 0.983. The standard InChI is InChI=1S/C20H21Cl2N7O2/c1-2-8-27-18-15(12-16(22)23-18)19(30)28(20(27)31)9-3-10-29-25-17(24-26-29)11-13-4-6-14(21)7-5-13/h4-7H,2-3,8-12H2,1H3. The molecule has 9 nitrogen and oxygen atoms in total. The van der Waals surface area contributed by atoms with E-state index in [1.54, 1.807) is 0 Å². The van der Waals surface area contributed by atoms with Crippen molar-refractivity contribution >= 4 is 34.2 Å². The lowest BCUT2D eigenvalue weighted by Gasteiger charge is -2.13. The Balaban J connectivity index is 1.45. The summed E-state index contributed by atoms with van der Waals surface area (Å²) in [6.07, 6.45) is 2.06. The van der Waals surface area contributed by atoms with Crippen LogP contribution < -0.4 is 11.2 Å². The van der Waals surface area contributed by atoms with E-state index in [9.17, 15) is 9.59 Å². The van der Waals surface area contributed by atoms with Gasteiger partial charge in [-0.1, -0.05) is 42.3 Å². The number of tetrazole rings is 1. The van der Waals surface area contributed by atoms with Gasteiger partial charge < -0.3 is 0 Å². The first-order valence-electron chi connectivity index (χ1n) is 10.1. The summed E-state index contributed by atoms with van der Waals surface area (Å²) in [6.45, 7) is 3.13. The molecule has 0 bridgehead atoms. The fourth-order valence-corrected chi connectivity index (χ4v) is 3.89. The lowest BCUT2D eigenvalue weighted by molar-refractivity contribution is 0.449. The summed E-state index contributed by atoms with van der Waals surface area (Å²) >= 11 is 11.9. The zero-order valence-corrected chi connectivity index (χ0v) is 18.5. The van der Waals surface area contributed by atoms with Gasteiger partial charge in [0.1, 0.15) is 11.0 Å². The van der Waals surface area contributed by atoms with Crippen molar-refractivity contribution in [1.82, 2.24) is 29.3 Å². The van der Waals surface area contributed by atoms with Crippen LogP contribution in [0.15, 0.2) is 38.8 Å². The molecule has 31 heavy (non-hydrogen) atoms. The number of halogens is 2. The van der Waals surface area contributed by atoms with Crippen molar-refractivity contribution in [3.05, 3.63) is 67.1 Å². The van der Waals surface area contributed by atoms with E-state index >= 15 is 0 Å². The molecule has 3 heterocycles. The van der Waals surface area contributed by atoms with Crippen molar-refractivity contribution in [2.24, 2.45) is 4.99 Å². The van der Waals surface area contributed by atoms with Gasteiger partial charge in [-0.25, -0.2) is 9.79 Å². The largest absolute Gasteiger partial charge is 0.332 e. The monoisotopic (exact) mass is 461 g/mol. The third-order valence-corrected chi connectivity index (χ3v) is 5.47. The maximum atomic E-state index is 12.9. The maximum absolute atomic E-state index is 12.9. The minimum Gasteiger partial charge on any atom is -0.278 e. The summed E-state index contributed by atoms with van der Waals surface area (Å²) in [7, 11) is 0. The van der Waals surface area contributed by atoms with Crippen molar-refractivity contribution in [2.75, 3.05) is 0 Å². The van der Waals surface area contributed by atoms with Crippen molar-refractivity contribution in [3.8, 4) is 0 Å². The SMILES string of the molecule is CCCn1c2c(c(=O)n(CCCn3nnc(Cc4ccc(Cl)cc4)n3)c1=O)CC(Cl)=N2. The van der Waals surface area contributed by atoms with Crippen LogP contribution in [0.5, 0.6) is 0 Å². The fraction of sp³-hybridized carbons (Fsp3) is 0.400. The molecule has 4 rings (SSSR count). The number of benzene rings is 1. The van der Waals surface area contributed by atoms with Gasteiger partial charge in [-0.2, -0.15) is 4.80 Å². The highest BCUT2D eigenvalue weighted by Crippen LogP contribution is 2.24. The van der Waals surface area contributed by atoms with E-state index in [1.807, 2.05) is 31.2 Å². The molecule has 0 radical (unpaired) electrons. The van der Waals surface area contributed by atoms with Crippen LogP contribution in [0.2, 0.25) is 5.02 Å². The molecule has 0 N–H and O–H groups in total. The molecule has 0 amide bonds. The molecule has 0 fully saturated rings. The highest BCUT2D eigenvalue weighted by atomic mass is 35.5. The van der Waals surface area contributed by atoms with Crippen LogP contribution in [0.4, 0.5) is 5.82 Å². The third kappa shape index (κ3) is 4.62. The van der Waals surface area contributed by atoms with Gasteiger partial charge in [0.25, 0.3) is 5.56 Å². The summed E-state index contributed by atoms with van der Waals surface area (Å²) in [4.78, 5) is 31.4. The van der Waals surface area contributed by atoms with E-state index < -0.39 is 0 Å². The second-order valence-corrected chi connectivity index (χ2v) is 8.19. The molecule has 162 valence electrons. The molecule has 0 spiro atoms. The van der Waals surface area contributed by atoms with Gasteiger partial charge in [-0.3, -0.25) is 13.9 Å². The third-order valence-electron chi connectivity index (χ3n) is 5.00. The number of nitrogens with zero attached hydrogens (tertiary/aromatic N) is 7. The number of hydrogen-bond acceptors (Lipinski definition) is 6. The highest BCUT2D eigenvalue weighted by Gasteiger charge is 2.24. The van der Waals surface area contributed by atoms with Crippen LogP contribution in [0.3, 0.4) is 0 Å². The number of aromatic nitrogens is 6. The first-order chi connectivity index (χ1) is 15.0. The first-order valence-corrected chi connectivity index (χ1v) is 10.8. The van der Waals surface area contributed by atoms with Gasteiger partial charge in [-0.15, -0.1) is 10.2 Å². The molecule has 1 aromatic carbocycles. The molecule has 0 unspecified atom stereocenters. The number of rotatable bonds is 8. The quantitative estimate of drug-likeness (QED) is 0.512. The van der Waals surface area contributed by atoms with Crippen molar-refractivity contribution in [1.29, 1.82) is 0 Å². The molecule has 1 aliphatic heterocycles. The number of aryl methyl sites for hydroxylation is 1. The zero-order valence-electron chi connectivity index (χ0n) is 17.0. The van der Waals surface area contributed by atoms with Gasteiger partial charge in [0.05, 0.1) is 12.1 Å². The smallest absolute Gasteiger partial charge is 0.278 e. The Bertz CT molecular complexity index is 1240. The van der Waals surface area contributed by atoms with E-state index in [1.165, 1.54) is 13.9 Å². The zero-order chi connectivity index (χ0) is 22.0. The molecule has 1 aliphatic rings.